The third kappa shape index (κ3) is 5.81. The molecule has 6 nitrogen and oxygen atoms in total. The van der Waals surface area contributed by atoms with Crippen LogP contribution >= 0.6 is 0 Å². The van der Waals surface area contributed by atoms with Gasteiger partial charge in [-0.05, 0) is 73.1 Å². The first kappa shape index (κ1) is 24.3. The molecule has 0 aliphatic carbocycles. The largest absolute Gasteiger partial charge is 0.359 e. The number of hydrogen-bond donors (Lipinski definition) is 2. The Morgan fingerprint density at radius 3 is 2.54 bits per heavy atom. The second-order valence-electron chi connectivity index (χ2n) is 8.93. The third-order valence-corrected chi connectivity index (χ3v) is 5.95. The number of nitrogens with zero attached hydrogens (tertiary/aromatic N) is 2. The highest BCUT2D eigenvalue weighted by Gasteiger charge is 2.35. The number of carbonyl (C=O) groups excluding carboxylic acids is 2. The molecule has 35 heavy (non-hydrogen) atoms. The number of aryl methyl sites for hydroxylation is 1. The highest BCUT2D eigenvalue weighted by atomic mass is 19.1. The standard InChI is InChI=1S/C28H29FN4O2/c1-30-25(34)14-9-18-5-4-6-20(15-18)27(31-22-11-7-19(8-12-22)17-33(2)3)26-23-13-10-21(29)16-24(23)32-28(26)35/h4-8,10-13,15-16,26H,9,14,17H2,1-3H3,(H,30,34)(H,32,35). The van der Waals surface area contributed by atoms with Crippen LogP contribution in [0, 0.1) is 5.82 Å². The van der Waals surface area contributed by atoms with Gasteiger partial charge in [-0.3, -0.25) is 14.6 Å². The smallest absolute Gasteiger partial charge is 0.238 e. The zero-order valence-electron chi connectivity index (χ0n) is 20.1. The normalized spacial score (nSPS) is 15.2. The molecule has 0 saturated carbocycles. The van der Waals surface area contributed by atoms with Gasteiger partial charge in [0.25, 0.3) is 0 Å². The Balaban J connectivity index is 1.76. The molecule has 0 spiro atoms. The van der Waals surface area contributed by atoms with Crippen molar-refractivity contribution in [1.82, 2.24) is 10.2 Å². The Morgan fingerprint density at radius 1 is 1.06 bits per heavy atom. The second-order valence-corrected chi connectivity index (χ2v) is 8.93. The van der Waals surface area contributed by atoms with Gasteiger partial charge in [0.1, 0.15) is 11.7 Å². The third-order valence-electron chi connectivity index (χ3n) is 5.95. The summed E-state index contributed by atoms with van der Waals surface area (Å²) in [6.07, 6.45) is 0.935. The van der Waals surface area contributed by atoms with E-state index in [1.54, 1.807) is 13.1 Å². The Kier molecular flexibility index (Phi) is 7.36. The van der Waals surface area contributed by atoms with Gasteiger partial charge < -0.3 is 15.5 Å². The van der Waals surface area contributed by atoms with Crippen LogP contribution in [0.1, 0.15) is 34.6 Å². The Morgan fingerprint density at radius 2 is 1.83 bits per heavy atom. The quantitative estimate of drug-likeness (QED) is 0.477. The highest BCUT2D eigenvalue weighted by molar-refractivity contribution is 6.24. The summed E-state index contributed by atoms with van der Waals surface area (Å²) in [5.41, 5.74) is 5.37. The second kappa shape index (κ2) is 10.6. The predicted octanol–water partition coefficient (Wildman–Crippen LogP) is 4.42. The van der Waals surface area contributed by atoms with Crippen molar-refractivity contribution in [1.29, 1.82) is 0 Å². The van der Waals surface area contributed by atoms with Gasteiger partial charge in [0.05, 0.1) is 11.4 Å². The number of aliphatic imine (C=N–C) groups is 1. The molecule has 2 N–H and O–H groups in total. The predicted molar refractivity (Wildman–Crippen MR) is 137 cm³/mol. The van der Waals surface area contributed by atoms with E-state index in [1.807, 2.05) is 62.6 Å². The molecule has 0 fully saturated rings. The van der Waals surface area contributed by atoms with Crippen LogP contribution in [-0.4, -0.2) is 43.6 Å². The van der Waals surface area contributed by atoms with E-state index in [9.17, 15) is 14.0 Å². The van der Waals surface area contributed by atoms with Crippen molar-refractivity contribution in [3.8, 4) is 0 Å². The van der Waals surface area contributed by atoms with Gasteiger partial charge in [-0.25, -0.2) is 4.39 Å². The molecule has 0 aromatic heterocycles. The van der Waals surface area contributed by atoms with Crippen LogP contribution in [0.2, 0.25) is 0 Å². The van der Waals surface area contributed by atoms with Crippen molar-refractivity contribution < 1.29 is 14.0 Å². The molecule has 1 aliphatic rings. The molecule has 3 aromatic rings. The molecule has 2 amide bonds. The highest BCUT2D eigenvalue weighted by Crippen LogP contribution is 2.37. The maximum absolute atomic E-state index is 13.8. The fourth-order valence-corrected chi connectivity index (χ4v) is 4.25. The van der Waals surface area contributed by atoms with Gasteiger partial charge in [-0.1, -0.05) is 36.4 Å². The lowest BCUT2D eigenvalue weighted by molar-refractivity contribution is -0.120. The molecular formula is C28H29FN4O2. The molecule has 0 bridgehead atoms. The number of carbonyl (C=O) groups is 2. The Labute approximate surface area is 204 Å². The van der Waals surface area contributed by atoms with Crippen LogP contribution in [0.5, 0.6) is 0 Å². The van der Waals surface area contributed by atoms with Crippen molar-refractivity contribution in [2.24, 2.45) is 4.99 Å². The van der Waals surface area contributed by atoms with E-state index in [1.165, 1.54) is 12.1 Å². The first-order valence-electron chi connectivity index (χ1n) is 11.6. The zero-order chi connectivity index (χ0) is 24.9. The van der Waals surface area contributed by atoms with Crippen LogP contribution in [0.15, 0.2) is 71.7 Å². The topological polar surface area (TPSA) is 73.8 Å². The van der Waals surface area contributed by atoms with E-state index < -0.39 is 11.7 Å². The Bertz CT molecular complexity index is 1270. The molecule has 0 saturated heterocycles. The van der Waals surface area contributed by atoms with Crippen molar-refractivity contribution in [3.05, 3.63) is 94.8 Å². The minimum Gasteiger partial charge on any atom is -0.359 e. The van der Waals surface area contributed by atoms with E-state index in [0.717, 1.165) is 28.9 Å². The van der Waals surface area contributed by atoms with E-state index in [-0.39, 0.29) is 11.8 Å². The summed E-state index contributed by atoms with van der Waals surface area (Å²) in [7, 11) is 5.65. The van der Waals surface area contributed by atoms with Gasteiger partial charge >= 0.3 is 0 Å². The molecular weight excluding hydrogens is 443 g/mol. The molecule has 1 aliphatic heterocycles. The molecule has 1 atom stereocenters. The number of fused-ring (bicyclic) bond motifs is 1. The molecule has 180 valence electrons. The Hall–Kier alpha value is -3.84. The maximum atomic E-state index is 13.8. The lowest BCUT2D eigenvalue weighted by Gasteiger charge is -2.15. The number of rotatable bonds is 8. The minimum absolute atomic E-state index is 0.0340. The summed E-state index contributed by atoms with van der Waals surface area (Å²) in [6, 6.07) is 20.0. The van der Waals surface area contributed by atoms with Crippen molar-refractivity contribution in [3.63, 3.8) is 0 Å². The van der Waals surface area contributed by atoms with Crippen LogP contribution in [0.3, 0.4) is 0 Å². The summed E-state index contributed by atoms with van der Waals surface area (Å²) < 4.78 is 13.8. The fraction of sp³-hybridized carbons (Fsp3) is 0.250. The lowest BCUT2D eigenvalue weighted by Crippen LogP contribution is -2.22. The summed E-state index contributed by atoms with van der Waals surface area (Å²) >= 11 is 0. The first-order valence-corrected chi connectivity index (χ1v) is 11.6. The van der Waals surface area contributed by atoms with E-state index in [0.29, 0.717) is 29.8 Å². The molecule has 1 unspecified atom stereocenters. The van der Waals surface area contributed by atoms with E-state index >= 15 is 0 Å². The first-order chi connectivity index (χ1) is 16.8. The van der Waals surface area contributed by atoms with Gasteiger partial charge in [0, 0.05) is 25.7 Å². The number of nitrogens with one attached hydrogen (secondary N) is 2. The van der Waals surface area contributed by atoms with Crippen LogP contribution in [-0.2, 0) is 22.6 Å². The number of hydrogen-bond acceptors (Lipinski definition) is 4. The molecule has 1 heterocycles. The van der Waals surface area contributed by atoms with Crippen LogP contribution in [0.25, 0.3) is 0 Å². The summed E-state index contributed by atoms with van der Waals surface area (Å²) in [6.45, 7) is 0.814. The number of benzene rings is 3. The minimum atomic E-state index is -0.679. The van der Waals surface area contributed by atoms with Gasteiger partial charge in [-0.15, -0.1) is 0 Å². The SMILES string of the molecule is CNC(=O)CCc1cccc(C(=Nc2ccc(CN(C)C)cc2)C2C(=O)Nc3cc(F)ccc32)c1. The van der Waals surface area contributed by atoms with Gasteiger partial charge in [-0.2, -0.15) is 0 Å². The number of anilines is 1. The molecule has 3 aromatic carbocycles. The summed E-state index contributed by atoms with van der Waals surface area (Å²) in [5, 5.41) is 5.44. The van der Waals surface area contributed by atoms with Crippen molar-refractivity contribution >= 4 is 28.9 Å². The van der Waals surface area contributed by atoms with Gasteiger partial charge in [0.2, 0.25) is 11.8 Å². The van der Waals surface area contributed by atoms with E-state index in [4.69, 9.17) is 4.99 Å². The van der Waals surface area contributed by atoms with E-state index in [2.05, 4.69) is 15.5 Å². The molecule has 4 rings (SSSR count). The lowest BCUT2D eigenvalue weighted by atomic mass is 9.89. The van der Waals surface area contributed by atoms with Crippen molar-refractivity contribution in [2.45, 2.75) is 25.3 Å². The monoisotopic (exact) mass is 472 g/mol. The zero-order valence-corrected chi connectivity index (χ0v) is 20.1. The summed E-state index contributed by atoms with van der Waals surface area (Å²) in [5.74, 6) is -1.37. The van der Waals surface area contributed by atoms with Crippen molar-refractivity contribution in [2.75, 3.05) is 26.5 Å². The maximum Gasteiger partial charge on any atom is 0.238 e. The number of amides is 2. The van der Waals surface area contributed by atoms with Gasteiger partial charge in [0.15, 0.2) is 0 Å². The average Bonchev–Trinajstić information content (AvgIpc) is 3.16. The fourth-order valence-electron chi connectivity index (χ4n) is 4.25. The summed E-state index contributed by atoms with van der Waals surface area (Å²) in [4.78, 5) is 31.8. The average molecular weight is 473 g/mol. The van der Waals surface area contributed by atoms with Crippen LogP contribution in [0.4, 0.5) is 15.8 Å². The molecule has 7 heteroatoms. The molecule has 0 radical (unpaired) electrons. The van der Waals surface area contributed by atoms with Crippen LogP contribution < -0.4 is 10.6 Å². The number of halogens is 1.